The second kappa shape index (κ2) is 5.96. The van der Waals surface area contributed by atoms with Crippen LogP contribution in [0.15, 0.2) is 42.5 Å². The number of amides is 2. The monoisotopic (exact) mass is 320 g/mol. The first-order chi connectivity index (χ1) is 10.1. The Labute approximate surface area is 133 Å². The van der Waals surface area contributed by atoms with E-state index in [0.717, 1.165) is 6.42 Å². The molecule has 2 aromatic carbocycles. The molecule has 1 heterocycles. The van der Waals surface area contributed by atoms with Crippen molar-refractivity contribution in [3.05, 3.63) is 63.6 Å². The predicted octanol–water partition coefficient (Wildman–Crippen LogP) is 4.58. The van der Waals surface area contributed by atoms with Gasteiger partial charge in [0.15, 0.2) is 0 Å². The Balaban J connectivity index is 1.72. The van der Waals surface area contributed by atoms with Crippen LogP contribution in [0.2, 0.25) is 10.0 Å². The number of anilines is 1. The highest BCUT2D eigenvalue weighted by atomic mass is 35.5. The maximum absolute atomic E-state index is 12.3. The molecule has 0 atom stereocenters. The summed E-state index contributed by atoms with van der Waals surface area (Å²) in [5.74, 6) is 0. The van der Waals surface area contributed by atoms with Gasteiger partial charge in [0.2, 0.25) is 0 Å². The zero-order chi connectivity index (χ0) is 14.8. The van der Waals surface area contributed by atoms with Crippen molar-refractivity contribution >= 4 is 34.9 Å². The van der Waals surface area contributed by atoms with Gasteiger partial charge in [-0.2, -0.15) is 0 Å². The standard InChI is InChI=1S/C16H14Cl2N2O/c17-13-5-6-15(14(18)9-13)19-16(21)20-8-7-11-3-1-2-4-12(11)10-20/h1-6,9H,7-8,10H2,(H,19,21). The maximum atomic E-state index is 12.3. The number of nitrogens with zero attached hydrogens (tertiary/aromatic N) is 1. The van der Waals surface area contributed by atoms with Crippen LogP contribution in [0.25, 0.3) is 0 Å². The second-order valence-corrected chi connectivity index (χ2v) is 5.84. The molecule has 3 rings (SSSR count). The van der Waals surface area contributed by atoms with Gasteiger partial charge in [-0.05, 0) is 35.7 Å². The van der Waals surface area contributed by atoms with Crippen LogP contribution in [-0.2, 0) is 13.0 Å². The molecule has 3 nitrogen and oxygen atoms in total. The molecule has 0 unspecified atom stereocenters. The molecular formula is C16H14Cl2N2O. The zero-order valence-corrected chi connectivity index (χ0v) is 12.8. The van der Waals surface area contributed by atoms with E-state index < -0.39 is 0 Å². The predicted molar refractivity (Wildman–Crippen MR) is 86.0 cm³/mol. The van der Waals surface area contributed by atoms with Gasteiger partial charge >= 0.3 is 6.03 Å². The molecule has 1 aliphatic rings. The lowest BCUT2D eigenvalue weighted by atomic mass is 10.0. The van der Waals surface area contributed by atoms with E-state index in [9.17, 15) is 4.79 Å². The first-order valence-corrected chi connectivity index (χ1v) is 7.47. The molecule has 2 aromatic rings. The molecule has 0 fully saturated rings. The number of carbonyl (C=O) groups excluding carboxylic acids is 1. The second-order valence-electron chi connectivity index (χ2n) is 4.99. The van der Waals surface area contributed by atoms with E-state index in [1.165, 1.54) is 11.1 Å². The van der Waals surface area contributed by atoms with Crippen LogP contribution in [0.4, 0.5) is 10.5 Å². The SMILES string of the molecule is O=C(Nc1ccc(Cl)cc1Cl)N1CCc2ccccc2C1. The van der Waals surface area contributed by atoms with Gasteiger partial charge in [-0.15, -0.1) is 0 Å². The van der Waals surface area contributed by atoms with Crippen LogP contribution < -0.4 is 5.32 Å². The van der Waals surface area contributed by atoms with Gasteiger partial charge in [0, 0.05) is 18.1 Å². The molecule has 108 valence electrons. The highest BCUT2D eigenvalue weighted by Gasteiger charge is 2.20. The number of halogens is 2. The summed E-state index contributed by atoms with van der Waals surface area (Å²) in [5.41, 5.74) is 3.08. The molecule has 5 heteroatoms. The molecule has 0 bridgehead atoms. The maximum Gasteiger partial charge on any atom is 0.322 e. The first kappa shape index (κ1) is 14.2. The van der Waals surface area contributed by atoms with Crippen molar-refractivity contribution in [2.75, 3.05) is 11.9 Å². The molecule has 0 radical (unpaired) electrons. The summed E-state index contributed by atoms with van der Waals surface area (Å²) in [6.45, 7) is 1.32. The quantitative estimate of drug-likeness (QED) is 0.819. The van der Waals surface area contributed by atoms with Crippen LogP contribution in [0.5, 0.6) is 0 Å². The Hall–Kier alpha value is -1.71. The smallest absolute Gasteiger partial charge is 0.320 e. The Morgan fingerprint density at radius 2 is 1.86 bits per heavy atom. The van der Waals surface area contributed by atoms with Gasteiger partial charge in [-0.1, -0.05) is 47.5 Å². The van der Waals surface area contributed by atoms with E-state index in [2.05, 4.69) is 17.4 Å². The Morgan fingerprint density at radius 1 is 1.10 bits per heavy atom. The van der Waals surface area contributed by atoms with Gasteiger partial charge in [-0.3, -0.25) is 0 Å². The molecular weight excluding hydrogens is 307 g/mol. The van der Waals surface area contributed by atoms with Crippen LogP contribution >= 0.6 is 23.2 Å². The molecule has 0 aromatic heterocycles. The minimum Gasteiger partial charge on any atom is -0.320 e. The Kier molecular flexibility index (Phi) is 4.04. The minimum absolute atomic E-state index is 0.145. The topological polar surface area (TPSA) is 32.3 Å². The number of nitrogens with one attached hydrogen (secondary N) is 1. The van der Waals surface area contributed by atoms with Crippen molar-refractivity contribution < 1.29 is 4.79 Å². The molecule has 1 aliphatic heterocycles. The number of carbonyl (C=O) groups is 1. The molecule has 2 amide bonds. The molecule has 0 spiro atoms. The molecule has 0 saturated heterocycles. The average molecular weight is 321 g/mol. The van der Waals surface area contributed by atoms with E-state index in [1.54, 1.807) is 23.1 Å². The summed E-state index contributed by atoms with van der Waals surface area (Å²) in [5, 5.41) is 3.82. The summed E-state index contributed by atoms with van der Waals surface area (Å²) in [4.78, 5) is 14.1. The number of rotatable bonds is 1. The lowest BCUT2D eigenvalue weighted by molar-refractivity contribution is 0.206. The fourth-order valence-electron chi connectivity index (χ4n) is 2.45. The van der Waals surface area contributed by atoms with Gasteiger partial charge in [0.05, 0.1) is 10.7 Å². The van der Waals surface area contributed by atoms with Crippen molar-refractivity contribution in [2.24, 2.45) is 0 Å². The number of hydrogen-bond acceptors (Lipinski definition) is 1. The third-order valence-electron chi connectivity index (χ3n) is 3.59. The van der Waals surface area contributed by atoms with Crippen molar-refractivity contribution in [2.45, 2.75) is 13.0 Å². The largest absolute Gasteiger partial charge is 0.322 e. The Morgan fingerprint density at radius 3 is 2.62 bits per heavy atom. The van der Waals surface area contributed by atoms with Crippen molar-refractivity contribution in [3.8, 4) is 0 Å². The zero-order valence-electron chi connectivity index (χ0n) is 11.3. The summed E-state index contributed by atoms with van der Waals surface area (Å²) < 4.78 is 0. The van der Waals surface area contributed by atoms with Crippen molar-refractivity contribution in [3.63, 3.8) is 0 Å². The number of hydrogen-bond donors (Lipinski definition) is 1. The van der Waals surface area contributed by atoms with Crippen LogP contribution in [0.3, 0.4) is 0 Å². The lowest BCUT2D eigenvalue weighted by Crippen LogP contribution is -2.38. The van der Waals surface area contributed by atoms with E-state index in [0.29, 0.717) is 28.8 Å². The normalized spacial score (nSPS) is 13.7. The highest BCUT2D eigenvalue weighted by molar-refractivity contribution is 6.36. The van der Waals surface area contributed by atoms with E-state index in [1.807, 2.05) is 12.1 Å². The number of fused-ring (bicyclic) bond motifs is 1. The summed E-state index contributed by atoms with van der Waals surface area (Å²) in [7, 11) is 0. The van der Waals surface area contributed by atoms with E-state index >= 15 is 0 Å². The third kappa shape index (κ3) is 3.14. The first-order valence-electron chi connectivity index (χ1n) is 6.71. The Bertz CT molecular complexity index is 688. The lowest BCUT2D eigenvalue weighted by Gasteiger charge is -2.29. The minimum atomic E-state index is -0.145. The van der Waals surface area contributed by atoms with E-state index in [4.69, 9.17) is 23.2 Å². The van der Waals surface area contributed by atoms with Gasteiger partial charge in [0.1, 0.15) is 0 Å². The van der Waals surface area contributed by atoms with Gasteiger partial charge < -0.3 is 10.2 Å². The average Bonchev–Trinajstić information content (AvgIpc) is 2.49. The summed E-state index contributed by atoms with van der Waals surface area (Å²) in [6.07, 6.45) is 0.873. The molecule has 21 heavy (non-hydrogen) atoms. The fraction of sp³-hybridized carbons (Fsp3) is 0.188. The van der Waals surface area contributed by atoms with Crippen LogP contribution in [0.1, 0.15) is 11.1 Å². The summed E-state index contributed by atoms with van der Waals surface area (Å²) >= 11 is 11.9. The van der Waals surface area contributed by atoms with Crippen molar-refractivity contribution in [1.29, 1.82) is 0 Å². The van der Waals surface area contributed by atoms with Crippen LogP contribution in [-0.4, -0.2) is 17.5 Å². The molecule has 0 aliphatic carbocycles. The summed E-state index contributed by atoms with van der Waals surface area (Å²) in [6, 6.07) is 13.1. The number of urea groups is 1. The van der Waals surface area contributed by atoms with E-state index in [-0.39, 0.29) is 6.03 Å². The van der Waals surface area contributed by atoms with Gasteiger partial charge in [-0.25, -0.2) is 4.79 Å². The fourth-order valence-corrected chi connectivity index (χ4v) is 2.91. The highest BCUT2D eigenvalue weighted by Crippen LogP contribution is 2.26. The van der Waals surface area contributed by atoms with Crippen molar-refractivity contribution in [1.82, 2.24) is 4.90 Å². The number of benzene rings is 2. The van der Waals surface area contributed by atoms with Crippen LogP contribution in [0, 0.1) is 0 Å². The van der Waals surface area contributed by atoms with Gasteiger partial charge in [0.25, 0.3) is 0 Å². The molecule has 1 N–H and O–H groups in total. The third-order valence-corrected chi connectivity index (χ3v) is 4.14. The molecule has 0 saturated carbocycles.